The van der Waals surface area contributed by atoms with Crippen LogP contribution in [-0.4, -0.2) is 56.7 Å². The van der Waals surface area contributed by atoms with Gasteiger partial charge in [-0.3, -0.25) is 9.69 Å². The van der Waals surface area contributed by atoms with Crippen LogP contribution in [0.2, 0.25) is 0 Å². The average molecular weight is 504 g/mol. The quantitative estimate of drug-likeness (QED) is 0.440. The minimum atomic E-state index is -0.305. The SMILES string of the molecule is CCc1ccc(CN2CC3C(C2)C3CN(C(=O)c2ccoc2)c2ccc(N3CCOCC3)c(F)c2)cc1. The van der Waals surface area contributed by atoms with E-state index in [1.165, 1.54) is 29.7 Å². The number of carbonyl (C=O) groups excluding carboxylic acids is 1. The van der Waals surface area contributed by atoms with Crippen LogP contribution in [0.1, 0.15) is 28.4 Å². The molecule has 0 bridgehead atoms. The predicted octanol–water partition coefficient (Wildman–Crippen LogP) is 4.84. The summed E-state index contributed by atoms with van der Waals surface area (Å²) in [6.45, 7) is 8.35. The molecule has 1 aromatic heterocycles. The number of amides is 1. The Morgan fingerprint density at radius 2 is 1.76 bits per heavy atom. The largest absolute Gasteiger partial charge is 0.472 e. The summed E-state index contributed by atoms with van der Waals surface area (Å²) in [7, 11) is 0. The maximum atomic E-state index is 15.2. The minimum absolute atomic E-state index is 0.148. The van der Waals surface area contributed by atoms with E-state index < -0.39 is 0 Å². The summed E-state index contributed by atoms with van der Waals surface area (Å²) in [6, 6.07) is 15.8. The second-order valence-corrected chi connectivity index (χ2v) is 10.5. The van der Waals surface area contributed by atoms with E-state index in [1.54, 1.807) is 17.0 Å². The van der Waals surface area contributed by atoms with Gasteiger partial charge in [0.15, 0.2) is 0 Å². The van der Waals surface area contributed by atoms with Crippen LogP contribution in [0.3, 0.4) is 0 Å². The Balaban J connectivity index is 1.14. The molecular weight excluding hydrogens is 469 g/mol. The van der Waals surface area contributed by atoms with Crippen LogP contribution in [0.4, 0.5) is 15.8 Å². The molecule has 194 valence electrons. The fourth-order valence-corrected chi connectivity index (χ4v) is 6.06. The van der Waals surface area contributed by atoms with Crippen molar-refractivity contribution >= 4 is 17.3 Å². The summed E-state index contributed by atoms with van der Waals surface area (Å²) in [6.07, 6.45) is 4.03. The molecule has 2 saturated heterocycles. The Morgan fingerprint density at radius 3 is 2.41 bits per heavy atom. The summed E-state index contributed by atoms with van der Waals surface area (Å²) in [5.74, 6) is 1.13. The summed E-state index contributed by atoms with van der Waals surface area (Å²) in [5.41, 5.74) is 4.36. The molecule has 0 radical (unpaired) electrons. The molecule has 1 saturated carbocycles. The Kier molecular flexibility index (Phi) is 6.74. The van der Waals surface area contributed by atoms with Gasteiger partial charge in [-0.05, 0) is 59.6 Å². The number of fused-ring (bicyclic) bond motifs is 1. The molecule has 37 heavy (non-hydrogen) atoms. The van der Waals surface area contributed by atoms with E-state index in [0.29, 0.717) is 67.5 Å². The number of rotatable bonds is 8. The molecule has 0 N–H and O–H groups in total. The number of halogens is 1. The maximum absolute atomic E-state index is 15.2. The zero-order valence-electron chi connectivity index (χ0n) is 21.3. The summed E-state index contributed by atoms with van der Waals surface area (Å²) in [5, 5.41) is 0. The van der Waals surface area contributed by atoms with Crippen LogP contribution >= 0.6 is 0 Å². The zero-order chi connectivity index (χ0) is 25.4. The van der Waals surface area contributed by atoms with E-state index in [0.717, 1.165) is 26.1 Å². The van der Waals surface area contributed by atoms with Gasteiger partial charge in [-0.1, -0.05) is 31.2 Å². The van der Waals surface area contributed by atoms with Gasteiger partial charge in [0, 0.05) is 45.0 Å². The van der Waals surface area contributed by atoms with Crippen molar-refractivity contribution in [1.29, 1.82) is 0 Å². The van der Waals surface area contributed by atoms with Gasteiger partial charge in [0.2, 0.25) is 0 Å². The summed E-state index contributed by atoms with van der Waals surface area (Å²) < 4.78 is 25.8. The first kappa shape index (κ1) is 24.2. The molecule has 6 nitrogen and oxygen atoms in total. The Morgan fingerprint density at radius 1 is 1.03 bits per heavy atom. The number of furan rings is 1. The lowest BCUT2D eigenvalue weighted by molar-refractivity contribution is 0.0983. The molecule has 2 aliphatic heterocycles. The van der Waals surface area contributed by atoms with Gasteiger partial charge < -0.3 is 19.0 Å². The molecule has 3 heterocycles. The van der Waals surface area contributed by atoms with E-state index in [4.69, 9.17) is 9.15 Å². The van der Waals surface area contributed by atoms with Gasteiger partial charge in [0.25, 0.3) is 5.91 Å². The van der Waals surface area contributed by atoms with Gasteiger partial charge in [-0.15, -0.1) is 0 Å². The first-order valence-corrected chi connectivity index (χ1v) is 13.4. The van der Waals surface area contributed by atoms with Crippen LogP contribution in [-0.2, 0) is 17.7 Å². The first-order chi connectivity index (χ1) is 18.1. The number of likely N-dealkylation sites (tertiary alicyclic amines) is 1. The molecule has 3 fully saturated rings. The zero-order valence-corrected chi connectivity index (χ0v) is 21.3. The highest BCUT2D eigenvalue weighted by Gasteiger charge is 2.56. The molecule has 2 aromatic carbocycles. The van der Waals surface area contributed by atoms with Crippen LogP contribution in [0, 0.1) is 23.6 Å². The Bertz CT molecular complexity index is 1210. The van der Waals surface area contributed by atoms with Gasteiger partial charge in [-0.25, -0.2) is 4.39 Å². The van der Waals surface area contributed by atoms with Crippen LogP contribution in [0.15, 0.2) is 65.5 Å². The molecule has 3 aromatic rings. The predicted molar refractivity (Wildman–Crippen MR) is 141 cm³/mol. The number of morpholine rings is 1. The third-order valence-electron chi connectivity index (χ3n) is 8.29. The molecule has 1 amide bonds. The number of benzene rings is 2. The highest BCUT2D eigenvalue weighted by atomic mass is 19.1. The van der Waals surface area contributed by atoms with Crippen molar-refractivity contribution in [2.75, 3.05) is 55.7 Å². The molecule has 2 unspecified atom stereocenters. The van der Waals surface area contributed by atoms with Gasteiger partial charge in [0.1, 0.15) is 12.1 Å². The van der Waals surface area contributed by atoms with Gasteiger partial charge >= 0.3 is 0 Å². The highest BCUT2D eigenvalue weighted by Crippen LogP contribution is 2.52. The number of hydrogen-bond acceptors (Lipinski definition) is 5. The monoisotopic (exact) mass is 503 g/mol. The maximum Gasteiger partial charge on any atom is 0.261 e. The lowest BCUT2D eigenvalue weighted by Gasteiger charge is -2.30. The second kappa shape index (κ2) is 10.3. The topological polar surface area (TPSA) is 49.2 Å². The standard InChI is InChI=1S/C30H34FN3O3/c1-2-21-3-5-22(6-4-21)16-32-17-25-26(18-32)27(25)19-34(30(35)23-9-12-37-20-23)24-7-8-29(28(31)15-24)33-10-13-36-14-11-33/h3-9,12,15,20,25-27H,2,10-11,13-14,16-19H2,1H3. The van der Waals surface area contributed by atoms with Crippen molar-refractivity contribution < 1.29 is 18.3 Å². The van der Waals surface area contributed by atoms with Gasteiger partial charge in [-0.2, -0.15) is 0 Å². The first-order valence-electron chi connectivity index (χ1n) is 13.4. The van der Waals surface area contributed by atoms with Crippen molar-refractivity contribution in [3.8, 4) is 0 Å². The second-order valence-electron chi connectivity index (χ2n) is 10.5. The fraction of sp³-hybridized carbons (Fsp3) is 0.433. The number of hydrogen-bond donors (Lipinski definition) is 0. The third-order valence-corrected chi connectivity index (χ3v) is 8.29. The van der Waals surface area contributed by atoms with E-state index >= 15 is 4.39 Å². The lowest BCUT2D eigenvalue weighted by atomic mass is 10.1. The van der Waals surface area contributed by atoms with E-state index in [1.807, 2.05) is 11.0 Å². The Labute approximate surface area is 217 Å². The van der Waals surface area contributed by atoms with Crippen molar-refractivity contribution in [1.82, 2.24) is 4.90 Å². The molecule has 3 aliphatic rings. The number of carbonyl (C=O) groups is 1. The highest BCUT2D eigenvalue weighted by molar-refractivity contribution is 6.06. The summed E-state index contributed by atoms with van der Waals surface area (Å²) in [4.78, 5) is 19.7. The molecule has 1 aliphatic carbocycles. The molecule has 0 spiro atoms. The number of ether oxygens (including phenoxy) is 1. The number of nitrogens with zero attached hydrogens (tertiary/aromatic N) is 3. The number of piperidine rings is 1. The number of aryl methyl sites for hydroxylation is 1. The minimum Gasteiger partial charge on any atom is -0.472 e. The van der Waals surface area contributed by atoms with Crippen molar-refractivity contribution in [3.63, 3.8) is 0 Å². The van der Waals surface area contributed by atoms with Crippen LogP contribution in [0.25, 0.3) is 0 Å². The van der Waals surface area contributed by atoms with Crippen LogP contribution < -0.4 is 9.80 Å². The van der Waals surface area contributed by atoms with Gasteiger partial charge in [0.05, 0.1) is 30.7 Å². The number of anilines is 2. The lowest BCUT2D eigenvalue weighted by Crippen LogP contribution is -2.37. The van der Waals surface area contributed by atoms with Crippen molar-refractivity contribution in [2.45, 2.75) is 19.9 Å². The van der Waals surface area contributed by atoms with Crippen molar-refractivity contribution in [2.24, 2.45) is 17.8 Å². The molecular formula is C30H34FN3O3. The molecule has 6 rings (SSSR count). The fourth-order valence-electron chi connectivity index (χ4n) is 6.06. The summed E-state index contributed by atoms with van der Waals surface area (Å²) >= 11 is 0. The third kappa shape index (κ3) is 5.03. The average Bonchev–Trinajstić information content (AvgIpc) is 3.31. The smallest absolute Gasteiger partial charge is 0.261 e. The molecule has 7 heteroatoms. The normalized spacial score (nSPS) is 23.2. The van der Waals surface area contributed by atoms with Crippen molar-refractivity contribution in [3.05, 3.63) is 83.6 Å². The van der Waals surface area contributed by atoms with E-state index in [2.05, 4.69) is 36.1 Å². The van der Waals surface area contributed by atoms with Crippen LogP contribution in [0.5, 0.6) is 0 Å². The van der Waals surface area contributed by atoms with E-state index in [-0.39, 0.29) is 11.7 Å². The van der Waals surface area contributed by atoms with E-state index in [9.17, 15) is 4.79 Å². The Hall–Kier alpha value is -3.16. The molecule has 2 atom stereocenters.